The van der Waals surface area contributed by atoms with Gasteiger partial charge in [-0.3, -0.25) is 14.7 Å². The summed E-state index contributed by atoms with van der Waals surface area (Å²) in [6.07, 6.45) is 5.23. The summed E-state index contributed by atoms with van der Waals surface area (Å²) >= 11 is 0. The molecule has 9 heteroatoms. The largest absolute Gasteiger partial charge is 0.369 e. The number of carbonyl (C=O) groups excluding carboxylic acids is 2. The number of carbonyl (C=O) groups is 2. The van der Waals surface area contributed by atoms with Gasteiger partial charge in [-0.05, 0) is 63.8 Å². The summed E-state index contributed by atoms with van der Waals surface area (Å²) in [7, 11) is 2.05. The van der Waals surface area contributed by atoms with Crippen LogP contribution in [0.15, 0.2) is 36.5 Å². The second-order valence-corrected chi connectivity index (χ2v) is 9.46. The number of nitrogens with zero attached hydrogens (tertiary/aromatic N) is 3. The van der Waals surface area contributed by atoms with E-state index in [4.69, 9.17) is 0 Å². The molecule has 2 aliphatic rings. The van der Waals surface area contributed by atoms with Gasteiger partial charge in [0.15, 0.2) is 5.69 Å². The van der Waals surface area contributed by atoms with Gasteiger partial charge in [0.2, 0.25) is 0 Å². The second kappa shape index (κ2) is 10.4. The zero-order chi connectivity index (χ0) is 24.2. The van der Waals surface area contributed by atoms with Crippen LogP contribution in [0.25, 0.3) is 0 Å². The Kier molecular flexibility index (Phi) is 7.31. The number of anilines is 2. The van der Waals surface area contributed by atoms with Crippen LogP contribution in [0.3, 0.4) is 0 Å². The first-order valence-corrected chi connectivity index (χ1v) is 11.9. The molecule has 2 aromatic rings. The number of piperazine rings is 1. The molecule has 0 unspecified atom stereocenters. The molecule has 1 aliphatic heterocycles. The summed E-state index contributed by atoms with van der Waals surface area (Å²) in [6, 6.07) is 4.40. The molecule has 1 saturated heterocycles. The maximum Gasteiger partial charge on any atom is 0.274 e. The van der Waals surface area contributed by atoms with Gasteiger partial charge in [-0.2, -0.15) is 5.10 Å². The van der Waals surface area contributed by atoms with Crippen molar-refractivity contribution in [3.05, 3.63) is 53.6 Å². The summed E-state index contributed by atoms with van der Waals surface area (Å²) in [5.41, 5.74) is 2.44. The standard InChI is InChI=1S/C25H33FN6O2/c1-16(2)17-4-6-20(7-5-17)28-25(34)23-22(15-27-30-23)29-24(33)18-12-19(26)14-21(13-18)32-10-8-31(3)9-11-32/h12-15,17,20H,1,4-11H2,2-3H3,(H,27,30)(H,28,34)(H,29,33). The number of H-pyrrole nitrogens is 1. The number of aromatic amines is 1. The van der Waals surface area contributed by atoms with Crippen molar-refractivity contribution >= 4 is 23.2 Å². The van der Waals surface area contributed by atoms with Gasteiger partial charge in [-0.1, -0.05) is 12.2 Å². The molecule has 2 fully saturated rings. The minimum Gasteiger partial charge on any atom is -0.369 e. The number of nitrogens with one attached hydrogen (secondary N) is 3. The van der Waals surface area contributed by atoms with Crippen LogP contribution in [0.1, 0.15) is 53.5 Å². The summed E-state index contributed by atoms with van der Waals surface area (Å²) < 4.78 is 14.3. The van der Waals surface area contributed by atoms with Crippen molar-refractivity contribution in [3.63, 3.8) is 0 Å². The van der Waals surface area contributed by atoms with Gasteiger partial charge < -0.3 is 20.4 Å². The highest BCUT2D eigenvalue weighted by atomic mass is 19.1. The highest BCUT2D eigenvalue weighted by Gasteiger charge is 2.25. The van der Waals surface area contributed by atoms with Crippen molar-refractivity contribution in [2.45, 2.75) is 38.6 Å². The first kappa shape index (κ1) is 23.9. The molecule has 3 N–H and O–H groups in total. The molecule has 1 saturated carbocycles. The van der Waals surface area contributed by atoms with E-state index in [0.717, 1.165) is 51.9 Å². The summed E-state index contributed by atoms with van der Waals surface area (Å²) in [4.78, 5) is 30.0. The number of aromatic nitrogens is 2. The maximum absolute atomic E-state index is 14.3. The van der Waals surface area contributed by atoms with E-state index < -0.39 is 11.7 Å². The van der Waals surface area contributed by atoms with Gasteiger partial charge in [0, 0.05) is 49.7 Å². The first-order chi connectivity index (χ1) is 16.3. The zero-order valence-corrected chi connectivity index (χ0v) is 19.9. The Labute approximate surface area is 199 Å². The van der Waals surface area contributed by atoms with E-state index in [9.17, 15) is 14.0 Å². The molecule has 0 radical (unpaired) electrons. The average Bonchev–Trinajstić information content (AvgIpc) is 3.27. The van der Waals surface area contributed by atoms with Crippen LogP contribution in [0, 0.1) is 11.7 Å². The minimum atomic E-state index is -0.493. The van der Waals surface area contributed by atoms with Crippen molar-refractivity contribution < 1.29 is 14.0 Å². The third-order valence-corrected chi connectivity index (χ3v) is 6.88. The van der Waals surface area contributed by atoms with Gasteiger partial charge in [-0.15, -0.1) is 0 Å². The summed E-state index contributed by atoms with van der Waals surface area (Å²) in [5.74, 6) is -0.799. The van der Waals surface area contributed by atoms with E-state index in [-0.39, 0.29) is 28.9 Å². The lowest BCUT2D eigenvalue weighted by molar-refractivity contribution is 0.0920. The number of halogens is 1. The minimum absolute atomic E-state index is 0.0673. The molecular formula is C25H33FN6O2. The topological polar surface area (TPSA) is 93.4 Å². The Morgan fingerprint density at radius 2 is 1.79 bits per heavy atom. The Hall–Kier alpha value is -3.20. The Morgan fingerprint density at radius 3 is 2.47 bits per heavy atom. The molecular weight excluding hydrogens is 435 g/mol. The van der Waals surface area contributed by atoms with Crippen LogP contribution >= 0.6 is 0 Å². The molecule has 34 heavy (non-hydrogen) atoms. The molecule has 2 heterocycles. The predicted octanol–water partition coefficient (Wildman–Crippen LogP) is 3.42. The van der Waals surface area contributed by atoms with Crippen LogP contribution < -0.4 is 15.5 Å². The summed E-state index contributed by atoms with van der Waals surface area (Å²) in [5, 5.41) is 12.4. The van der Waals surface area contributed by atoms with Crippen LogP contribution in [-0.2, 0) is 0 Å². The van der Waals surface area contributed by atoms with E-state index in [1.54, 1.807) is 6.07 Å². The highest BCUT2D eigenvalue weighted by molar-refractivity contribution is 6.08. The van der Waals surface area contributed by atoms with Crippen LogP contribution in [0.2, 0.25) is 0 Å². The van der Waals surface area contributed by atoms with Gasteiger partial charge in [0.1, 0.15) is 5.82 Å². The molecule has 0 atom stereocenters. The van der Waals surface area contributed by atoms with E-state index in [1.165, 1.54) is 23.9 Å². The van der Waals surface area contributed by atoms with Crippen molar-refractivity contribution in [2.75, 3.05) is 43.4 Å². The number of benzene rings is 1. The smallest absolute Gasteiger partial charge is 0.274 e. The number of likely N-dealkylation sites (N-methyl/N-ethyl adjacent to an activating group) is 1. The first-order valence-electron chi connectivity index (χ1n) is 11.9. The van der Waals surface area contributed by atoms with Crippen molar-refractivity contribution in [1.29, 1.82) is 0 Å². The number of amides is 2. The fourth-order valence-corrected chi connectivity index (χ4v) is 4.69. The molecule has 1 aliphatic carbocycles. The Bertz CT molecular complexity index is 1050. The molecule has 0 bridgehead atoms. The van der Waals surface area contributed by atoms with Crippen LogP contribution in [0.4, 0.5) is 15.8 Å². The molecule has 2 amide bonds. The Morgan fingerprint density at radius 1 is 1.09 bits per heavy atom. The lowest BCUT2D eigenvalue weighted by Gasteiger charge is -2.34. The number of hydrogen-bond acceptors (Lipinski definition) is 5. The number of hydrogen-bond donors (Lipinski definition) is 3. The number of rotatable bonds is 6. The molecule has 1 aromatic heterocycles. The number of allylic oxidation sites excluding steroid dienone is 1. The van der Waals surface area contributed by atoms with Gasteiger partial charge in [-0.25, -0.2) is 4.39 Å². The maximum atomic E-state index is 14.3. The molecule has 182 valence electrons. The van der Waals surface area contributed by atoms with Crippen molar-refractivity contribution in [3.8, 4) is 0 Å². The molecule has 0 spiro atoms. The fraction of sp³-hybridized carbons (Fsp3) is 0.480. The predicted molar refractivity (Wildman–Crippen MR) is 131 cm³/mol. The second-order valence-electron chi connectivity index (χ2n) is 9.46. The van der Waals surface area contributed by atoms with Crippen LogP contribution in [-0.4, -0.2) is 66.2 Å². The lowest BCUT2D eigenvalue weighted by atomic mass is 9.82. The van der Waals surface area contributed by atoms with E-state index in [0.29, 0.717) is 11.6 Å². The van der Waals surface area contributed by atoms with E-state index in [2.05, 4.69) is 44.1 Å². The average molecular weight is 469 g/mol. The van der Waals surface area contributed by atoms with Crippen molar-refractivity contribution in [2.24, 2.45) is 5.92 Å². The third-order valence-electron chi connectivity index (χ3n) is 6.88. The molecule has 8 nitrogen and oxygen atoms in total. The monoisotopic (exact) mass is 468 g/mol. The lowest BCUT2D eigenvalue weighted by Crippen LogP contribution is -2.44. The Balaban J connectivity index is 1.40. The normalized spacial score (nSPS) is 21.2. The molecule has 4 rings (SSSR count). The van der Waals surface area contributed by atoms with Gasteiger partial charge in [0.25, 0.3) is 11.8 Å². The van der Waals surface area contributed by atoms with Gasteiger partial charge >= 0.3 is 0 Å². The zero-order valence-electron chi connectivity index (χ0n) is 19.9. The van der Waals surface area contributed by atoms with E-state index >= 15 is 0 Å². The highest BCUT2D eigenvalue weighted by Crippen LogP contribution is 2.29. The van der Waals surface area contributed by atoms with Crippen LogP contribution in [0.5, 0.6) is 0 Å². The molecule has 1 aromatic carbocycles. The fourth-order valence-electron chi connectivity index (χ4n) is 4.69. The van der Waals surface area contributed by atoms with Crippen molar-refractivity contribution in [1.82, 2.24) is 20.4 Å². The summed E-state index contributed by atoms with van der Waals surface area (Å²) in [6.45, 7) is 9.37. The van der Waals surface area contributed by atoms with Gasteiger partial charge in [0.05, 0.1) is 5.69 Å². The SMILES string of the molecule is C=C(C)C1CCC(NC(=O)c2n[nH]cc2NC(=O)c2cc(F)cc(N3CCN(C)CC3)c2)CC1. The van der Waals surface area contributed by atoms with E-state index in [1.807, 2.05) is 7.05 Å². The third kappa shape index (κ3) is 5.64. The quantitative estimate of drug-likeness (QED) is 0.565.